The lowest BCUT2D eigenvalue weighted by atomic mass is 10.2. The molecule has 0 radical (unpaired) electrons. The van der Waals surface area contributed by atoms with Crippen LogP contribution in [0, 0.1) is 0 Å². The molecule has 96 valence electrons. The van der Waals surface area contributed by atoms with E-state index in [2.05, 4.69) is 16.9 Å². The van der Waals surface area contributed by atoms with Crippen molar-refractivity contribution in [2.75, 3.05) is 13.7 Å². The van der Waals surface area contributed by atoms with E-state index in [9.17, 15) is 9.59 Å². The van der Waals surface area contributed by atoms with Gasteiger partial charge in [-0.1, -0.05) is 6.58 Å². The molecular weight excluding hydrogens is 224 g/mol. The molecule has 6 heteroatoms. The van der Waals surface area contributed by atoms with Crippen LogP contribution in [0.4, 0.5) is 4.79 Å². The third-order valence-corrected chi connectivity index (χ3v) is 1.43. The van der Waals surface area contributed by atoms with Crippen molar-refractivity contribution < 1.29 is 19.1 Å². The number of methoxy groups -OCH3 is 1. The fourth-order valence-electron chi connectivity index (χ4n) is 0.864. The van der Waals surface area contributed by atoms with Crippen molar-refractivity contribution in [1.29, 1.82) is 0 Å². The van der Waals surface area contributed by atoms with Crippen LogP contribution in [0.3, 0.4) is 0 Å². The summed E-state index contributed by atoms with van der Waals surface area (Å²) in [5, 5.41) is 2.31. The first-order valence-electron chi connectivity index (χ1n) is 5.03. The Morgan fingerprint density at radius 2 is 2.00 bits per heavy atom. The Balaban J connectivity index is 4.21. The highest BCUT2D eigenvalue weighted by molar-refractivity contribution is 6.37. The van der Waals surface area contributed by atoms with Crippen molar-refractivity contribution >= 4 is 17.8 Å². The van der Waals surface area contributed by atoms with Gasteiger partial charge in [-0.15, -0.1) is 0 Å². The molecule has 0 rings (SSSR count). The molecule has 1 amide bonds. The average molecular weight is 242 g/mol. The number of amides is 1. The molecule has 6 nitrogen and oxygen atoms in total. The molecule has 0 aromatic heterocycles. The molecule has 0 aromatic rings. The van der Waals surface area contributed by atoms with Gasteiger partial charge in [0, 0.05) is 6.20 Å². The third kappa shape index (κ3) is 7.10. The molecule has 0 aliphatic rings. The van der Waals surface area contributed by atoms with Gasteiger partial charge >= 0.3 is 6.09 Å². The van der Waals surface area contributed by atoms with Crippen molar-refractivity contribution in [3.8, 4) is 0 Å². The van der Waals surface area contributed by atoms with Crippen LogP contribution >= 0.6 is 0 Å². The van der Waals surface area contributed by atoms with Crippen LogP contribution in [0.1, 0.15) is 20.8 Å². The number of carbonyl (C=O) groups is 2. The van der Waals surface area contributed by atoms with E-state index in [0.717, 1.165) is 0 Å². The van der Waals surface area contributed by atoms with E-state index < -0.39 is 17.5 Å². The predicted octanol–water partition coefficient (Wildman–Crippen LogP) is 1.27. The lowest BCUT2D eigenvalue weighted by molar-refractivity contribution is -0.113. The van der Waals surface area contributed by atoms with Crippen molar-refractivity contribution in [1.82, 2.24) is 5.32 Å². The summed E-state index contributed by atoms with van der Waals surface area (Å²) in [7, 11) is 1.31. The first-order valence-corrected chi connectivity index (χ1v) is 5.03. The van der Waals surface area contributed by atoms with Crippen LogP contribution in [-0.2, 0) is 14.3 Å². The average Bonchev–Trinajstić information content (AvgIpc) is 2.20. The zero-order valence-corrected chi connectivity index (χ0v) is 10.6. The van der Waals surface area contributed by atoms with Gasteiger partial charge < -0.3 is 14.8 Å². The summed E-state index contributed by atoms with van der Waals surface area (Å²) < 4.78 is 9.68. The van der Waals surface area contributed by atoms with Gasteiger partial charge in [0.05, 0.1) is 13.7 Å². The van der Waals surface area contributed by atoms with Gasteiger partial charge in [0.25, 0.3) is 5.90 Å². The van der Waals surface area contributed by atoms with E-state index in [1.54, 1.807) is 20.8 Å². The van der Waals surface area contributed by atoms with Crippen LogP contribution in [-0.4, -0.2) is 37.0 Å². The van der Waals surface area contributed by atoms with Gasteiger partial charge in [0.15, 0.2) is 0 Å². The second-order valence-corrected chi connectivity index (χ2v) is 4.10. The van der Waals surface area contributed by atoms with E-state index >= 15 is 0 Å². The molecule has 0 fully saturated rings. The van der Waals surface area contributed by atoms with E-state index in [1.165, 1.54) is 13.3 Å². The Hall–Kier alpha value is -1.85. The fraction of sp³-hybridized carbons (Fsp3) is 0.545. The van der Waals surface area contributed by atoms with Gasteiger partial charge in [-0.3, -0.25) is 4.79 Å². The highest BCUT2D eigenvalue weighted by atomic mass is 16.6. The second kappa shape index (κ2) is 6.67. The molecule has 1 N–H and O–H groups in total. The van der Waals surface area contributed by atoms with E-state index in [4.69, 9.17) is 9.47 Å². The smallest absolute Gasteiger partial charge is 0.408 e. The summed E-state index contributed by atoms with van der Waals surface area (Å²) >= 11 is 0. The molecule has 17 heavy (non-hydrogen) atoms. The Kier molecular flexibility index (Phi) is 5.95. The van der Waals surface area contributed by atoms with Crippen LogP contribution < -0.4 is 5.32 Å². The number of nitrogens with zero attached hydrogens (tertiary/aromatic N) is 1. The Bertz CT molecular complexity index is 329. The zero-order chi connectivity index (χ0) is 13.5. The monoisotopic (exact) mass is 242 g/mol. The number of ether oxygens (including phenoxy) is 2. The molecule has 0 bridgehead atoms. The second-order valence-electron chi connectivity index (χ2n) is 4.10. The van der Waals surface area contributed by atoms with Crippen LogP contribution in [0.15, 0.2) is 17.8 Å². The molecule has 0 unspecified atom stereocenters. The third-order valence-electron chi connectivity index (χ3n) is 1.43. The fourth-order valence-corrected chi connectivity index (χ4v) is 0.864. The minimum Gasteiger partial charge on any atom is -0.478 e. The molecule has 0 aliphatic heterocycles. The Morgan fingerprint density at radius 1 is 1.41 bits per heavy atom. The number of Topliss-reactive ketones (excluding diaryl/α,β-unsaturated/α-hetero) is 1. The molecule has 0 atom stereocenters. The number of alkyl carbamates (subject to hydrolysis) is 1. The Labute approximate surface area is 101 Å². The lowest BCUT2D eigenvalue weighted by Crippen LogP contribution is -2.37. The van der Waals surface area contributed by atoms with Crippen molar-refractivity contribution in [3.63, 3.8) is 0 Å². The number of rotatable bonds is 4. The van der Waals surface area contributed by atoms with Gasteiger partial charge in [-0.2, -0.15) is 0 Å². The van der Waals surface area contributed by atoms with E-state index in [1.807, 2.05) is 0 Å². The maximum atomic E-state index is 11.5. The molecule has 0 saturated heterocycles. The van der Waals surface area contributed by atoms with Gasteiger partial charge in [0.1, 0.15) is 5.60 Å². The molecule has 0 aliphatic carbocycles. The summed E-state index contributed by atoms with van der Waals surface area (Å²) in [6.45, 7) is 8.29. The van der Waals surface area contributed by atoms with E-state index in [0.29, 0.717) is 0 Å². The molecule has 0 spiro atoms. The SMILES string of the molecule is C=CN=C(OC)C(=O)CNC(=O)OC(C)(C)C. The highest BCUT2D eigenvalue weighted by Gasteiger charge is 2.18. The first-order chi connectivity index (χ1) is 7.80. The van der Waals surface area contributed by atoms with Crippen molar-refractivity contribution in [3.05, 3.63) is 12.8 Å². The maximum absolute atomic E-state index is 11.5. The van der Waals surface area contributed by atoms with Crippen molar-refractivity contribution in [2.24, 2.45) is 4.99 Å². The summed E-state index contributed by atoms with van der Waals surface area (Å²) in [4.78, 5) is 26.3. The predicted molar refractivity (Wildman–Crippen MR) is 63.9 cm³/mol. The number of aliphatic imine (C=N–C) groups is 1. The van der Waals surface area contributed by atoms with Crippen LogP contribution in [0.2, 0.25) is 0 Å². The van der Waals surface area contributed by atoms with Gasteiger partial charge in [0.2, 0.25) is 5.78 Å². The highest BCUT2D eigenvalue weighted by Crippen LogP contribution is 2.06. The normalized spacial score (nSPS) is 11.6. The first kappa shape index (κ1) is 15.2. The summed E-state index contributed by atoms with van der Waals surface area (Å²) in [6, 6.07) is 0. The lowest BCUT2D eigenvalue weighted by Gasteiger charge is -2.19. The van der Waals surface area contributed by atoms with Crippen molar-refractivity contribution in [2.45, 2.75) is 26.4 Å². The number of hydrogen-bond acceptors (Lipinski definition) is 5. The Morgan fingerprint density at radius 3 is 2.41 bits per heavy atom. The number of carbonyl (C=O) groups excluding carboxylic acids is 2. The number of ketones is 1. The minimum atomic E-state index is -0.667. The summed E-state index contributed by atoms with van der Waals surface area (Å²) in [5.41, 5.74) is -0.605. The van der Waals surface area contributed by atoms with E-state index in [-0.39, 0.29) is 12.4 Å². The van der Waals surface area contributed by atoms with Gasteiger partial charge in [-0.25, -0.2) is 9.79 Å². The van der Waals surface area contributed by atoms with Crippen LogP contribution in [0.5, 0.6) is 0 Å². The minimum absolute atomic E-state index is 0.115. The number of nitrogens with one attached hydrogen (secondary N) is 1. The standard InChI is InChI=1S/C11H18N2O4/c1-6-12-9(16-5)8(14)7-13-10(15)17-11(2,3)4/h6H,1,7H2,2-5H3,(H,13,15). The van der Waals surface area contributed by atoms with Gasteiger partial charge in [-0.05, 0) is 20.8 Å². The molecule has 0 heterocycles. The maximum Gasteiger partial charge on any atom is 0.408 e. The zero-order valence-electron chi connectivity index (χ0n) is 10.6. The quantitative estimate of drug-likeness (QED) is 0.595. The number of hydrogen-bond donors (Lipinski definition) is 1. The molecular formula is C11H18N2O4. The summed E-state index contributed by atoms with van der Waals surface area (Å²) in [5.74, 6) is -0.575. The van der Waals surface area contributed by atoms with Crippen LogP contribution in [0.25, 0.3) is 0 Å². The summed E-state index contributed by atoms with van der Waals surface area (Å²) in [6.07, 6.45) is 0.518. The molecule has 0 saturated carbocycles. The largest absolute Gasteiger partial charge is 0.478 e. The molecule has 0 aromatic carbocycles. The topological polar surface area (TPSA) is 77.0 Å².